The highest BCUT2D eigenvalue weighted by Gasteiger charge is 2.30. The highest BCUT2D eigenvalue weighted by Crippen LogP contribution is 2.29. The molecule has 0 amide bonds. The molecule has 0 aliphatic heterocycles. The smallest absolute Gasteiger partial charge is 0.0794 e. The third kappa shape index (κ3) is 3.27. The number of hydrogen-bond donors (Lipinski definition) is 2. The van der Waals surface area contributed by atoms with Gasteiger partial charge < -0.3 is 11.1 Å². The minimum atomic E-state index is 0.0162. The van der Waals surface area contributed by atoms with E-state index in [1.165, 1.54) is 17.7 Å². The molecule has 3 N–H and O–H groups in total. The first kappa shape index (κ1) is 12.0. The van der Waals surface area contributed by atoms with Crippen molar-refractivity contribution in [2.45, 2.75) is 44.7 Å². The SMILES string of the molecule is CC1CCCC(N)(CNCc2cncs2)C1. The topological polar surface area (TPSA) is 50.9 Å². The number of thiazole rings is 1. The number of nitrogens with two attached hydrogens (primary N) is 1. The fourth-order valence-corrected chi connectivity index (χ4v) is 3.19. The third-order valence-corrected chi connectivity index (χ3v) is 4.17. The normalized spacial score (nSPS) is 30.5. The molecule has 1 saturated carbocycles. The summed E-state index contributed by atoms with van der Waals surface area (Å²) in [7, 11) is 0. The van der Waals surface area contributed by atoms with Crippen LogP contribution in [0.15, 0.2) is 11.7 Å². The maximum absolute atomic E-state index is 6.41. The Labute approximate surface area is 101 Å². The lowest BCUT2D eigenvalue weighted by atomic mass is 9.77. The lowest BCUT2D eigenvalue weighted by Crippen LogP contribution is -2.51. The Kier molecular flexibility index (Phi) is 3.95. The fraction of sp³-hybridized carbons (Fsp3) is 0.750. The van der Waals surface area contributed by atoms with Gasteiger partial charge >= 0.3 is 0 Å². The Balaban J connectivity index is 1.76. The second-order valence-electron chi connectivity index (χ2n) is 5.14. The van der Waals surface area contributed by atoms with Crippen LogP contribution in [0.4, 0.5) is 0 Å². The number of aromatic nitrogens is 1. The zero-order valence-corrected chi connectivity index (χ0v) is 10.7. The van der Waals surface area contributed by atoms with Crippen molar-refractivity contribution in [3.05, 3.63) is 16.6 Å². The summed E-state index contributed by atoms with van der Waals surface area (Å²) < 4.78 is 0. The third-order valence-electron chi connectivity index (χ3n) is 3.39. The minimum absolute atomic E-state index is 0.0162. The molecule has 1 aromatic heterocycles. The number of hydrogen-bond acceptors (Lipinski definition) is 4. The monoisotopic (exact) mass is 239 g/mol. The molecular formula is C12H21N3S. The van der Waals surface area contributed by atoms with E-state index in [4.69, 9.17) is 5.73 Å². The molecule has 0 aromatic carbocycles. The van der Waals surface area contributed by atoms with Gasteiger partial charge in [0, 0.05) is 29.7 Å². The number of rotatable bonds is 4. The van der Waals surface area contributed by atoms with Gasteiger partial charge in [-0.25, -0.2) is 0 Å². The summed E-state index contributed by atoms with van der Waals surface area (Å²) in [5.41, 5.74) is 8.30. The molecule has 2 rings (SSSR count). The first-order valence-corrected chi connectivity index (χ1v) is 6.93. The first-order valence-electron chi connectivity index (χ1n) is 6.05. The molecule has 0 spiro atoms. The summed E-state index contributed by atoms with van der Waals surface area (Å²) >= 11 is 1.69. The number of nitrogens with one attached hydrogen (secondary N) is 1. The Morgan fingerprint density at radius 3 is 3.25 bits per heavy atom. The van der Waals surface area contributed by atoms with Gasteiger partial charge in [0.15, 0.2) is 0 Å². The van der Waals surface area contributed by atoms with Crippen LogP contribution in [0.1, 0.15) is 37.5 Å². The highest BCUT2D eigenvalue weighted by atomic mass is 32.1. The van der Waals surface area contributed by atoms with E-state index in [9.17, 15) is 0 Å². The van der Waals surface area contributed by atoms with E-state index < -0.39 is 0 Å². The van der Waals surface area contributed by atoms with Crippen LogP contribution in [0.5, 0.6) is 0 Å². The van der Waals surface area contributed by atoms with Crippen molar-refractivity contribution in [1.29, 1.82) is 0 Å². The van der Waals surface area contributed by atoms with Gasteiger partial charge in [-0.2, -0.15) is 0 Å². The van der Waals surface area contributed by atoms with Gasteiger partial charge in [0.25, 0.3) is 0 Å². The minimum Gasteiger partial charge on any atom is -0.324 e. The van der Waals surface area contributed by atoms with Crippen LogP contribution in [-0.4, -0.2) is 17.1 Å². The molecule has 2 atom stereocenters. The Morgan fingerprint density at radius 1 is 1.69 bits per heavy atom. The van der Waals surface area contributed by atoms with Crippen LogP contribution in [0.2, 0.25) is 0 Å². The van der Waals surface area contributed by atoms with Gasteiger partial charge in [0.1, 0.15) is 0 Å². The van der Waals surface area contributed by atoms with Crippen LogP contribution >= 0.6 is 11.3 Å². The van der Waals surface area contributed by atoms with E-state index in [0.717, 1.165) is 31.8 Å². The molecule has 1 aliphatic carbocycles. The summed E-state index contributed by atoms with van der Waals surface area (Å²) in [4.78, 5) is 5.35. The Hall–Kier alpha value is -0.450. The summed E-state index contributed by atoms with van der Waals surface area (Å²) in [6, 6.07) is 0. The van der Waals surface area contributed by atoms with E-state index in [1.54, 1.807) is 11.3 Å². The Bertz CT molecular complexity index is 312. The average molecular weight is 239 g/mol. The summed E-state index contributed by atoms with van der Waals surface area (Å²) in [6.45, 7) is 4.14. The van der Waals surface area contributed by atoms with Gasteiger partial charge in [0.2, 0.25) is 0 Å². The summed E-state index contributed by atoms with van der Waals surface area (Å²) in [6.07, 6.45) is 6.85. The van der Waals surface area contributed by atoms with E-state index in [1.807, 2.05) is 11.7 Å². The molecule has 1 heterocycles. The highest BCUT2D eigenvalue weighted by molar-refractivity contribution is 7.09. The van der Waals surface area contributed by atoms with Crippen molar-refractivity contribution in [2.24, 2.45) is 11.7 Å². The zero-order chi connectivity index (χ0) is 11.4. The van der Waals surface area contributed by atoms with Crippen molar-refractivity contribution >= 4 is 11.3 Å². The van der Waals surface area contributed by atoms with Crippen LogP contribution in [0, 0.1) is 5.92 Å². The average Bonchev–Trinajstić information content (AvgIpc) is 2.69. The van der Waals surface area contributed by atoms with E-state index in [-0.39, 0.29) is 5.54 Å². The molecule has 16 heavy (non-hydrogen) atoms. The molecule has 0 radical (unpaired) electrons. The van der Waals surface area contributed by atoms with Crippen molar-refractivity contribution in [1.82, 2.24) is 10.3 Å². The molecular weight excluding hydrogens is 218 g/mol. The maximum Gasteiger partial charge on any atom is 0.0794 e. The van der Waals surface area contributed by atoms with Gasteiger partial charge in [-0.3, -0.25) is 4.98 Å². The van der Waals surface area contributed by atoms with Crippen molar-refractivity contribution in [3.8, 4) is 0 Å². The molecule has 1 fully saturated rings. The molecule has 0 bridgehead atoms. The van der Waals surface area contributed by atoms with Gasteiger partial charge in [-0.15, -0.1) is 11.3 Å². The van der Waals surface area contributed by atoms with Crippen LogP contribution in [0.3, 0.4) is 0 Å². The second-order valence-corrected chi connectivity index (χ2v) is 6.11. The molecule has 0 saturated heterocycles. The van der Waals surface area contributed by atoms with Gasteiger partial charge in [-0.05, 0) is 18.8 Å². The van der Waals surface area contributed by atoms with Crippen LogP contribution < -0.4 is 11.1 Å². The molecule has 4 heteroatoms. The standard InChI is InChI=1S/C12H21N3S/c1-10-3-2-4-12(13,5-10)8-14-6-11-7-15-9-16-11/h7,9-10,14H,2-6,8,13H2,1H3. The Morgan fingerprint density at radius 2 is 2.56 bits per heavy atom. The van der Waals surface area contributed by atoms with Crippen molar-refractivity contribution < 1.29 is 0 Å². The van der Waals surface area contributed by atoms with Gasteiger partial charge in [0.05, 0.1) is 5.51 Å². The van der Waals surface area contributed by atoms with Crippen molar-refractivity contribution in [2.75, 3.05) is 6.54 Å². The molecule has 2 unspecified atom stereocenters. The van der Waals surface area contributed by atoms with Crippen LogP contribution in [-0.2, 0) is 6.54 Å². The second kappa shape index (κ2) is 5.25. The largest absolute Gasteiger partial charge is 0.324 e. The molecule has 90 valence electrons. The van der Waals surface area contributed by atoms with Crippen molar-refractivity contribution in [3.63, 3.8) is 0 Å². The summed E-state index contributed by atoms with van der Waals surface area (Å²) in [5.74, 6) is 0.781. The first-order chi connectivity index (χ1) is 7.68. The molecule has 1 aromatic rings. The zero-order valence-electron chi connectivity index (χ0n) is 9.91. The molecule has 3 nitrogen and oxygen atoms in total. The van der Waals surface area contributed by atoms with E-state index >= 15 is 0 Å². The number of nitrogens with zero attached hydrogens (tertiary/aromatic N) is 1. The van der Waals surface area contributed by atoms with E-state index in [0.29, 0.717) is 0 Å². The lowest BCUT2D eigenvalue weighted by molar-refractivity contribution is 0.229. The predicted molar refractivity (Wildman–Crippen MR) is 68.4 cm³/mol. The summed E-state index contributed by atoms with van der Waals surface area (Å²) in [5, 5.41) is 3.46. The fourth-order valence-electron chi connectivity index (χ4n) is 2.63. The van der Waals surface area contributed by atoms with E-state index in [2.05, 4.69) is 17.2 Å². The lowest BCUT2D eigenvalue weighted by Gasteiger charge is -2.37. The molecule has 1 aliphatic rings. The quantitative estimate of drug-likeness (QED) is 0.846. The predicted octanol–water partition coefficient (Wildman–Crippen LogP) is 2.14. The maximum atomic E-state index is 6.41. The van der Waals surface area contributed by atoms with Gasteiger partial charge in [-0.1, -0.05) is 19.8 Å². The van der Waals surface area contributed by atoms with Crippen LogP contribution in [0.25, 0.3) is 0 Å².